The molecule has 40 heavy (non-hydrogen) atoms. The van der Waals surface area contributed by atoms with Crippen molar-refractivity contribution in [2.75, 3.05) is 12.5 Å². The smallest absolute Gasteiger partial charge is 0.273 e. The zero-order valence-corrected chi connectivity index (χ0v) is 26.8. The number of unbranched alkanes of at least 4 members (excludes halogenated alkanes) is 2. The van der Waals surface area contributed by atoms with Crippen molar-refractivity contribution in [3.8, 4) is 11.8 Å². The van der Waals surface area contributed by atoms with Gasteiger partial charge in [-0.05, 0) is 58.1 Å². The molecule has 0 fully saturated rings. The van der Waals surface area contributed by atoms with Gasteiger partial charge in [0.05, 0.1) is 17.3 Å². The lowest BCUT2D eigenvalue weighted by atomic mass is 9.77. The van der Waals surface area contributed by atoms with Crippen molar-refractivity contribution in [1.82, 2.24) is 9.97 Å². The third-order valence-electron chi connectivity index (χ3n) is 5.88. The first kappa shape index (κ1) is 35.2. The maximum atomic E-state index is 9.66. The number of rotatable bonds is 9. The Kier molecular flexibility index (Phi) is 15.0. The van der Waals surface area contributed by atoms with Gasteiger partial charge < -0.3 is 4.74 Å². The van der Waals surface area contributed by atoms with Gasteiger partial charge in [-0.3, -0.25) is 0 Å². The van der Waals surface area contributed by atoms with E-state index in [-0.39, 0.29) is 18.0 Å². The molecule has 3 aromatic rings. The summed E-state index contributed by atoms with van der Waals surface area (Å²) in [6.07, 6.45) is 6.90. The Balaban J connectivity index is 0.000000884. The van der Waals surface area contributed by atoms with E-state index in [2.05, 4.69) is 75.8 Å². The van der Waals surface area contributed by atoms with Gasteiger partial charge in [0.1, 0.15) is 32.2 Å². The summed E-state index contributed by atoms with van der Waals surface area (Å²) in [6, 6.07) is 15.6. The fraction of sp³-hybridized carbons (Fsp3) is 0.452. The minimum Gasteiger partial charge on any atom is -0.487 e. The molecular formula is C31H45ClN5O2S+. The van der Waals surface area contributed by atoms with Gasteiger partial charge in [-0.1, -0.05) is 91.0 Å². The number of thiol groups is 1. The maximum absolute atomic E-state index is 9.66. The lowest BCUT2D eigenvalue weighted by Gasteiger charge is -2.27. The van der Waals surface area contributed by atoms with Gasteiger partial charge in [-0.25, -0.2) is 9.97 Å². The number of hydroxylamine groups is 1. The molecule has 9 heteroatoms. The average molecular weight is 587 g/mol. The monoisotopic (exact) mass is 586 g/mol. The number of nitriles is 1. The number of hydrogen-bond donors (Lipinski definition) is 3. The molecule has 218 valence electrons. The summed E-state index contributed by atoms with van der Waals surface area (Å²) < 4.78 is 5.06. The van der Waals surface area contributed by atoms with Crippen LogP contribution in [-0.2, 0) is 12.0 Å². The molecule has 1 aromatic heterocycles. The summed E-state index contributed by atoms with van der Waals surface area (Å²) in [5.74, 6) is 0.922. The first-order chi connectivity index (χ1) is 18.8. The van der Waals surface area contributed by atoms with Crippen LogP contribution < -0.4 is 10.2 Å². The lowest BCUT2D eigenvalue weighted by molar-refractivity contribution is -0.955. The molecule has 0 saturated heterocycles. The predicted octanol–water partition coefficient (Wildman–Crippen LogP) is 8.84. The minimum atomic E-state index is -0.788. The summed E-state index contributed by atoms with van der Waals surface area (Å²) in [5.41, 5.74) is 6.33. The van der Waals surface area contributed by atoms with E-state index in [1.807, 2.05) is 43.3 Å². The second-order valence-corrected chi connectivity index (χ2v) is 11.3. The molecule has 7 nitrogen and oxygen atoms in total. The molecule has 1 heterocycles. The SMILES string of the molecule is CCC.CCCCC.Cc1c(Cl)cc(C(C)(C)c2ccc(OCc3ccnc(N[N+](C)(O)S)n3)cc2)cc1C#N. The molecule has 0 amide bonds. The number of nitrogens with zero attached hydrogens (tertiary/aromatic N) is 4. The van der Waals surface area contributed by atoms with Crippen LogP contribution in [0.25, 0.3) is 0 Å². The molecule has 0 bridgehead atoms. The van der Waals surface area contributed by atoms with E-state index in [0.717, 1.165) is 16.7 Å². The normalized spacial score (nSPS) is 12.1. The van der Waals surface area contributed by atoms with E-state index < -0.39 is 4.16 Å². The summed E-state index contributed by atoms with van der Waals surface area (Å²) >= 11 is 10.3. The molecular weight excluding hydrogens is 542 g/mol. The third-order valence-corrected chi connectivity index (χ3v) is 6.37. The summed E-state index contributed by atoms with van der Waals surface area (Å²) in [4.78, 5) is 8.33. The molecule has 2 aromatic carbocycles. The van der Waals surface area contributed by atoms with E-state index >= 15 is 0 Å². The highest BCUT2D eigenvalue weighted by atomic mass is 35.5. The standard InChI is InChI=1S/C23H25ClN5O2S.C5H12.C3H8/c1-15-16(13-25)11-18(12-21(15)24)23(2,3)17-5-7-20(8-6-17)31-14-19-9-10-26-22(27-19)28-29(4,30)32;1-3-5-4-2;1-3-2/h5-12,30,32H,14H2,1-4H3,(H,26,27,28);3-5H2,1-2H3;3H2,1-2H3/q+1;;. The Hall–Kier alpha value is -2.83. The summed E-state index contributed by atoms with van der Waals surface area (Å²) in [5, 5.41) is 19.7. The largest absolute Gasteiger partial charge is 0.487 e. The van der Waals surface area contributed by atoms with Gasteiger partial charge >= 0.3 is 0 Å². The van der Waals surface area contributed by atoms with Crippen LogP contribution in [0, 0.1) is 18.3 Å². The highest BCUT2D eigenvalue weighted by Crippen LogP contribution is 2.35. The molecule has 1 atom stereocenters. The van der Waals surface area contributed by atoms with Gasteiger partial charge in [0.2, 0.25) is 0 Å². The second-order valence-electron chi connectivity index (χ2n) is 10.1. The molecule has 0 spiro atoms. The van der Waals surface area contributed by atoms with Gasteiger partial charge in [-0.15, -0.1) is 0 Å². The van der Waals surface area contributed by atoms with Gasteiger partial charge in [0.25, 0.3) is 5.95 Å². The molecule has 0 aliphatic heterocycles. The highest BCUT2D eigenvalue weighted by molar-refractivity contribution is 7.74. The Morgan fingerprint density at radius 2 is 1.68 bits per heavy atom. The maximum Gasteiger partial charge on any atom is 0.273 e. The van der Waals surface area contributed by atoms with E-state index in [1.54, 1.807) is 12.3 Å². The fourth-order valence-corrected chi connectivity index (χ4v) is 3.83. The Morgan fingerprint density at radius 1 is 1.07 bits per heavy atom. The van der Waals surface area contributed by atoms with Crippen LogP contribution in [0.15, 0.2) is 48.7 Å². The number of benzene rings is 2. The van der Waals surface area contributed by atoms with E-state index in [9.17, 15) is 10.5 Å². The Labute approximate surface area is 251 Å². The van der Waals surface area contributed by atoms with Gasteiger partial charge in [0.15, 0.2) is 0 Å². The first-order valence-electron chi connectivity index (χ1n) is 13.7. The molecule has 0 radical (unpaired) electrons. The molecule has 0 aliphatic rings. The zero-order valence-electron chi connectivity index (χ0n) is 25.1. The van der Waals surface area contributed by atoms with E-state index in [4.69, 9.17) is 16.3 Å². The lowest BCUT2D eigenvalue weighted by Crippen LogP contribution is -2.36. The highest BCUT2D eigenvalue weighted by Gasteiger charge is 2.25. The molecule has 0 aliphatic carbocycles. The molecule has 3 rings (SSSR count). The van der Waals surface area contributed by atoms with Crippen molar-refractivity contribution in [3.05, 3.63) is 81.6 Å². The Bertz CT molecular complexity index is 1220. The second kappa shape index (κ2) is 17.1. The van der Waals surface area contributed by atoms with Crippen molar-refractivity contribution in [2.45, 2.75) is 86.2 Å². The fourth-order valence-electron chi connectivity index (χ4n) is 3.52. The van der Waals surface area contributed by atoms with Crippen molar-refractivity contribution in [2.24, 2.45) is 0 Å². The number of halogens is 1. The number of nitrogens with one attached hydrogen (secondary N) is 1. The van der Waals surface area contributed by atoms with Crippen molar-refractivity contribution < 1.29 is 14.1 Å². The van der Waals surface area contributed by atoms with Crippen molar-refractivity contribution in [3.63, 3.8) is 0 Å². The topological polar surface area (TPSA) is 91.1 Å². The van der Waals surface area contributed by atoms with Gasteiger partial charge in [-0.2, -0.15) is 15.9 Å². The van der Waals surface area contributed by atoms with Crippen molar-refractivity contribution in [1.29, 1.82) is 5.26 Å². The molecule has 0 saturated carbocycles. The van der Waals surface area contributed by atoms with E-state index in [1.165, 1.54) is 32.7 Å². The third kappa shape index (κ3) is 11.7. The van der Waals surface area contributed by atoms with Crippen LogP contribution in [0.1, 0.15) is 95.2 Å². The predicted molar refractivity (Wildman–Crippen MR) is 168 cm³/mol. The van der Waals surface area contributed by atoms with Crippen molar-refractivity contribution >= 4 is 30.4 Å². The number of anilines is 1. The number of aromatic nitrogens is 2. The first-order valence-corrected chi connectivity index (χ1v) is 14.5. The summed E-state index contributed by atoms with van der Waals surface area (Å²) in [7, 11) is 1.42. The summed E-state index contributed by atoms with van der Waals surface area (Å²) in [6.45, 7) is 14.9. The number of quaternary nitrogens is 1. The average Bonchev–Trinajstić information content (AvgIpc) is 2.89. The number of ether oxygens (including phenoxy) is 1. The van der Waals surface area contributed by atoms with E-state index in [0.29, 0.717) is 22.0 Å². The van der Waals surface area contributed by atoms with Crippen LogP contribution in [0.5, 0.6) is 5.75 Å². The minimum absolute atomic E-state index is 0.233. The van der Waals surface area contributed by atoms with Crippen LogP contribution >= 0.6 is 24.4 Å². The quantitative estimate of drug-likeness (QED) is 0.132. The molecule has 2 N–H and O–H groups in total. The Morgan fingerprint density at radius 3 is 2.17 bits per heavy atom. The van der Waals surface area contributed by atoms with Gasteiger partial charge in [0, 0.05) is 16.6 Å². The van der Waals surface area contributed by atoms with Crippen LogP contribution in [0.4, 0.5) is 5.95 Å². The zero-order chi connectivity index (χ0) is 30.3. The van der Waals surface area contributed by atoms with Crippen LogP contribution in [0.2, 0.25) is 5.02 Å². The number of hydrogen-bond acceptors (Lipinski definition) is 7. The molecule has 1 unspecified atom stereocenters. The van der Waals surface area contributed by atoms with Crippen LogP contribution in [-0.4, -0.2) is 26.4 Å². The van der Waals surface area contributed by atoms with Crippen LogP contribution in [0.3, 0.4) is 0 Å².